The lowest BCUT2D eigenvalue weighted by Gasteiger charge is -2.31. The van der Waals surface area contributed by atoms with Gasteiger partial charge in [-0.05, 0) is 6.92 Å². The van der Waals surface area contributed by atoms with Crippen LogP contribution >= 0.6 is 11.3 Å². The predicted molar refractivity (Wildman–Crippen MR) is 90.5 cm³/mol. The van der Waals surface area contributed by atoms with Gasteiger partial charge in [0.05, 0.1) is 18.8 Å². The van der Waals surface area contributed by atoms with E-state index in [0.29, 0.717) is 0 Å². The van der Waals surface area contributed by atoms with Crippen LogP contribution in [0.25, 0.3) is 0 Å². The molecule has 0 N–H and O–H groups in total. The molecule has 1 saturated heterocycles. The molecule has 0 spiro atoms. The Balaban J connectivity index is 1.68. The van der Waals surface area contributed by atoms with Crippen LogP contribution in [-0.4, -0.2) is 44.3 Å². The summed E-state index contributed by atoms with van der Waals surface area (Å²) < 4.78 is 8.00. The fraction of sp³-hybridized carbons (Fsp3) is 0.688. The molecule has 1 atom stereocenters. The SMILES string of the molecule is Cc1nnc(CN2CCOC(c3nc(C(C)(C)C)cs3)C2)n1C. The molecule has 0 saturated carbocycles. The zero-order valence-corrected chi connectivity index (χ0v) is 15.4. The van der Waals surface area contributed by atoms with Crippen LogP contribution < -0.4 is 0 Å². The number of thiazole rings is 1. The predicted octanol–water partition coefficient (Wildman–Crippen LogP) is 2.45. The van der Waals surface area contributed by atoms with Crippen molar-refractivity contribution in [3.8, 4) is 0 Å². The maximum atomic E-state index is 5.96. The molecular formula is C16H25N5OS. The van der Waals surface area contributed by atoms with E-state index < -0.39 is 0 Å². The van der Waals surface area contributed by atoms with E-state index in [1.165, 1.54) is 0 Å². The number of nitrogens with zero attached hydrogens (tertiary/aromatic N) is 5. The lowest BCUT2D eigenvalue weighted by molar-refractivity contribution is -0.0341. The Morgan fingerprint density at radius 1 is 1.35 bits per heavy atom. The summed E-state index contributed by atoms with van der Waals surface area (Å²) in [6, 6.07) is 0. The molecule has 0 radical (unpaired) electrons. The maximum absolute atomic E-state index is 5.96. The second-order valence-electron chi connectivity index (χ2n) is 7.14. The van der Waals surface area contributed by atoms with E-state index in [1.807, 2.05) is 18.5 Å². The Kier molecular flexibility index (Phi) is 4.53. The van der Waals surface area contributed by atoms with Crippen molar-refractivity contribution in [1.29, 1.82) is 0 Å². The highest BCUT2D eigenvalue weighted by Crippen LogP contribution is 2.30. The summed E-state index contributed by atoms with van der Waals surface area (Å²) in [6.45, 7) is 11.8. The highest BCUT2D eigenvalue weighted by atomic mass is 32.1. The normalized spacial score (nSPS) is 20.1. The molecule has 1 aliphatic rings. The van der Waals surface area contributed by atoms with E-state index in [2.05, 4.69) is 41.2 Å². The van der Waals surface area contributed by atoms with Crippen LogP contribution in [0, 0.1) is 6.92 Å². The third kappa shape index (κ3) is 3.62. The van der Waals surface area contributed by atoms with Crippen molar-refractivity contribution < 1.29 is 4.74 Å². The van der Waals surface area contributed by atoms with Gasteiger partial charge in [0.15, 0.2) is 0 Å². The van der Waals surface area contributed by atoms with Gasteiger partial charge in [0, 0.05) is 30.9 Å². The summed E-state index contributed by atoms with van der Waals surface area (Å²) >= 11 is 1.70. The lowest BCUT2D eigenvalue weighted by Crippen LogP contribution is -2.38. The summed E-state index contributed by atoms with van der Waals surface area (Å²) in [5, 5.41) is 11.6. The molecule has 1 fully saturated rings. The quantitative estimate of drug-likeness (QED) is 0.862. The van der Waals surface area contributed by atoms with E-state index in [4.69, 9.17) is 9.72 Å². The standard InChI is InChI=1S/C16H25N5OS/c1-11-18-19-14(20(11)5)9-21-6-7-22-12(8-21)15-17-13(10-23-15)16(2,3)4/h10,12H,6-9H2,1-5H3. The highest BCUT2D eigenvalue weighted by Gasteiger charge is 2.27. The third-order valence-corrected chi connectivity index (χ3v) is 5.20. The number of aryl methyl sites for hydroxylation is 1. The van der Waals surface area contributed by atoms with Crippen molar-refractivity contribution in [2.75, 3.05) is 19.7 Å². The first kappa shape index (κ1) is 16.5. The summed E-state index contributed by atoms with van der Waals surface area (Å²) in [4.78, 5) is 7.17. The zero-order chi connectivity index (χ0) is 16.6. The van der Waals surface area contributed by atoms with Crippen LogP contribution in [0.3, 0.4) is 0 Å². The first-order chi connectivity index (χ1) is 10.8. The molecule has 7 heteroatoms. The van der Waals surface area contributed by atoms with Crippen molar-refractivity contribution >= 4 is 11.3 Å². The van der Waals surface area contributed by atoms with Crippen molar-refractivity contribution in [3.05, 3.63) is 27.7 Å². The summed E-state index contributed by atoms with van der Waals surface area (Å²) in [6.07, 6.45) is 0.0548. The molecule has 0 bridgehead atoms. The number of hydrogen-bond donors (Lipinski definition) is 0. The van der Waals surface area contributed by atoms with Crippen LogP contribution in [0.1, 0.15) is 49.2 Å². The largest absolute Gasteiger partial charge is 0.368 e. The molecule has 3 rings (SSSR count). The van der Waals surface area contributed by atoms with Crippen LogP contribution in [0.5, 0.6) is 0 Å². The molecule has 1 unspecified atom stereocenters. The Morgan fingerprint density at radius 2 is 2.13 bits per heavy atom. The Bertz CT molecular complexity index is 672. The highest BCUT2D eigenvalue weighted by molar-refractivity contribution is 7.09. The van der Waals surface area contributed by atoms with Gasteiger partial charge >= 0.3 is 0 Å². The third-order valence-electron chi connectivity index (χ3n) is 4.26. The number of rotatable bonds is 3. The summed E-state index contributed by atoms with van der Waals surface area (Å²) in [5.41, 5.74) is 1.22. The van der Waals surface area contributed by atoms with Crippen molar-refractivity contribution in [2.24, 2.45) is 7.05 Å². The average molecular weight is 335 g/mol. The van der Waals surface area contributed by atoms with Gasteiger partial charge in [-0.1, -0.05) is 20.8 Å². The molecule has 126 valence electrons. The van der Waals surface area contributed by atoms with Crippen molar-refractivity contribution in [2.45, 2.75) is 45.8 Å². The molecule has 0 aromatic carbocycles. The second-order valence-corrected chi connectivity index (χ2v) is 8.03. The minimum absolute atomic E-state index is 0.0548. The van der Waals surface area contributed by atoms with Crippen LogP contribution in [0.4, 0.5) is 0 Å². The molecule has 0 aliphatic carbocycles. The average Bonchev–Trinajstić information content (AvgIpc) is 3.10. The smallest absolute Gasteiger partial charge is 0.146 e. The van der Waals surface area contributed by atoms with E-state index >= 15 is 0 Å². The lowest BCUT2D eigenvalue weighted by atomic mass is 9.93. The molecule has 23 heavy (non-hydrogen) atoms. The van der Waals surface area contributed by atoms with Crippen LogP contribution in [0.2, 0.25) is 0 Å². The van der Waals surface area contributed by atoms with Crippen LogP contribution in [-0.2, 0) is 23.7 Å². The number of aromatic nitrogens is 4. The van der Waals surface area contributed by atoms with Gasteiger partial charge in [-0.2, -0.15) is 0 Å². The zero-order valence-electron chi connectivity index (χ0n) is 14.5. The van der Waals surface area contributed by atoms with Gasteiger partial charge in [0.2, 0.25) is 0 Å². The molecule has 6 nitrogen and oxygen atoms in total. The Morgan fingerprint density at radius 3 is 2.74 bits per heavy atom. The molecular weight excluding hydrogens is 310 g/mol. The van der Waals surface area contributed by atoms with E-state index in [9.17, 15) is 0 Å². The van der Waals surface area contributed by atoms with Gasteiger partial charge in [-0.25, -0.2) is 4.98 Å². The van der Waals surface area contributed by atoms with Crippen molar-refractivity contribution in [1.82, 2.24) is 24.6 Å². The Hall–Kier alpha value is -1.31. The first-order valence-electron chi connectivity index (χ1n) is 7.99. The van der Waals surface area contributed by atoms with E-state index in [-0.39, 0.29) is 11.5 Å². The second kappa shape index (κ2) is 6.30. The summed E-state index contributed by atoms with van der Waals surface area (Å²) in [7, 11) is 2.01. The maximum Gasteiger partial charge on any atom is 0.146 e. The van der Waals surface area contributed by atoms with Gasteiger partial charge in [-0.3, -0.25) is 4.90 Å². The van der Waals surface area contributed by atoms with E-state index in [1.54, 1.807) is 11.3 Å². The number of ether oxygens (including phenoxy) is 1. The molecule has 1 aliphatic heterocycles. The Labute approximate surface area is 141 Å². The van der Waals surface area contributed by atoms with Gasteiger partial charge in [0.1, 0.15) is 22.8 Å². The topological polar surface area (TPSA) is 56.1 Å². The molecule has 2 aromatic rings. The minimum atomic E-state index is 0.0548. The van der Waals surface area contributed by atoms with Gasteiger partial charge in [-0.15, -0.1) is 21.5 Å². The fourth-order valence-corrected chi connectivity index (χ4v) is 3.65. The summed E-state index contributed by atoms with van der Waals surface area (Å²) in [5.74, 6) is 1.94. The molecule has 3 heterocycles. The minimum Gasteiger partial charge on any atom is -0.368 e. The molecule has 0 amide bonds. The first-order valence-corrected chi connectivity index (χ1v) is 8.87. The molecule has 2 aromatic heterocycles. The van der Waals surface area contributed by atoms with Crippen molar-refractivity contribution in [3.63, 3.8) is 0 Å². The van der Waals surface area contributed by atoms with Gasteiger partial charge < -0.3 is 9.30 Å². The van der Waals surface area contributed by atoms with E-state index in [0.717, 1.165) is 48.6 Å². The number of hydrogen-bond acceptors (Lipinski definition) is 6. The fourth-order valence-electron chi connectivity index (χ4n) is 2.56. The number of morpholine rings is 1. The monoisotopic (exact) mass is 335 g/mol. The van der Waals surface area contributed by atoms with Gasteiger partial charge in [0.25, 0.3) is 0 Å². The van der Waals surface area contributed by atoms with Crippen LogP contribution in [0.15, 0.2) is 5.38 Å².